The fourth-order valence-corrected chi connectivity index (χ4v) is 2.89. The third-order valence-corrected chi connectivity index (χ3v) is 3.97. The minimum Gasteiger partial charge on any atom is -0.382 e. The van der Waals surface area contributed by atoms with Gasteiger partial charge >= 0.3 is 0 Å². The third kappa shape index (κ3) is 3.10. The predicted molar refractivity (Wildman–Crippen MR) is 82.1 cm³/mol. The number of ether oxygens (including phenoxy) is 1. The number of hydrogen-bond acceptors (Lipinski definition) is 5. The lowest BCUT2D eigenvalue weighted by molar-refractivity contribution is -0.0238. The standard InChI is InChI=1S/C16H19N5O/c1-21-11-13(10-20-21)16-12(4-3-7-22-16)9-19-14-5-2-6-18-15(14)8-17/h2,5-6,10-12,16,19H,3-4,7,9H2,1H3/t12-,16+/m0/s1. The van der Waals surface area contributed by atoms with Gasteiger partial charge in [-0.2, -0.15) is 10.4 Å². The zero-order valence-electron chi connectivity index (χ0n) is 12.6. The van der Waals surface area contributed by atoms with Gasteiger partial charge in [0, 0.05) is 44.1 Å². The second-order valence-corrected chi connectivity index (χ2v) is 5.53. The lowest BCUT2D eigenvalue weighted by Crippen LogP contribution is -2.28. The molecule has 1 N–H and O–H groups in total. The second kappa shape index (κ2) is 6.58. The molecular weight excluding hydrogens is 278 g/mol. The second-order valence-electron chi connectivity index (χ2n) is 5.53. The molecule has 114 valence electrons. The summed E-state index contributed by atoms with van der Waals surface area (Å²) in [7, 11) is 1.91. The first-order valence-electron chi connectivity index (χ1n) is 7.47. The van der Waals surface area contributed by atoms with E-state index in [1.165, 1.54) is 0 Å². The minimum atomic E-state index is 0.0529. The van der Waals surface area contributed by atoms with Crippen LogP contribution in [0.15, 0.2) is 30.7 Å². The summed E-state index contributed by atoms with van der Waals surface area (Å²) in [6.07, 6.45) is 7.71. The first kappa shape index (κ1) is 14.5. The zero-order valence-corrected chi connectivity index (χ0v) is 12.6. The predicted octanol–water partition coefficient (Wildman–Crippen LogP) is 2.27. The molecule has 1 aliphatic heterocycles. The van der Waals surface area contributed by atoms with Gasteiger partial charge < -0.3 is 10.1 Å². The molecule has 6 nitrogen and oxygen atoms in total. The van der Waals surface area contributed by atoms with Gasteiger partial charge in [-0.25, -0.2) is 4.98 Å². The quantitative estimate of drug-likeness (QED) is 0.937. The molecule has 0 spiro atoms. The van der Waals surface area contributed by atoms with Gasteiger partial charge in [-0.15, -0.1) is 0 Å². The molecule has 1 aliphatic rings. The molecule has 1 saturated heterocycles. The summed E-state index contributed by atoms with van der Waals surface area (Å²) in [6.45, 7) is 1.53. The van der Waals surface area contributed by atoms with E-state index in [1.54, 1.807) is 10.9 Å². The van der Waals surface area contributed by atoms with E-state index in [-0.39, 0.29) is 6.10 Å². The monoisotopic (exact) mass is 297 g/mol. The SMILES string of the molecule is Cn1cc([C@@H]2OCCC[C@H]2CNc2cccnc2C#N)cn1. The minimum absolute atomic E-state index is 0.0529. The number of nitriles is 1. The largest absolute Gasteiger partial charge is 0.382 e. The summed E-state index contributed by atoms with van der Waals surface area (Å²) in [6, 6.07) is 5.83. The average Bonchev–Trinajstić information content (AvgIpc) is 3.00. The highest BCUT2D eigenvalue weighted by Gasteiger charge is 2.28. The molecule has 2 aromatic rings. The Bertz CT molecular complexity index is 675. The van der Waals surface area contributed by atoms with E-state index in [0.717, 1.165) is 37.2 Å². The van der Waals surface area contributed by atoms with Crippen LogP contribution in [0.5, 0.6) is 0 Å². The van der Waals surface area contributed by atoms with Gasteiger partial charge in [-0.05, 0) is 25.0 Å². The Balaban J connectivity index is 1.71. The van der Waals surface area contributed by atoms with Crippen LogP contribution in [0, 0.1) is 17.2 Å². The number of hydrogen-bond donors (Lipinski definition) is 1. The van der Waals surface area contributed by atoms with E-state index in [9.17, 15) is 0 Å². The molecule has 2 aromatic heterocycles. The number of anilines is 1. The topological polar surface area (TPSA) is 75.8 Å². The van der Waals surface area contributed by atoms with Crippen molar-refractivity contribution >= 4 is 5.69 Å². The number of rotatable bonds is 4. The van der Waals surface area contributed by atoms with Gasteiger partial charge in [0.25, 0.3) is 0 Å². The van der Waals surface area contributed by atoms with Crippen molar-refractivity contribution in [3.05, 3.63) is 42.0 Å². The van der Waals surface area contributed by atoms with Crippen LogP contribution in [0.25, 0.3) is 0 Å². The molecule has 0 amide bonds. The van der Waals surface area contributed by atoms with Crippen molar-refractivity contribution in [2.75, 3.05) is 18.5 Å². The smallest absolute Gasteiger partial charge is 0.163 e. The highest BCUT2D eigenvalue weighted by Crippen LogP contribution is 2.33. The number of pyridine rings is 1. The molecule has 3 rings (SSSR count). The molecular formula is C16H19N5O. The van der Waals surface area contributed by atoms with Crippen molar-refractivity contribution in [1.29, 1.82) is 5.26 Å². The van der Waals surface area contributed by atoms with Crippen LogP contribution < -0.4 is 5.32 Å². The summed E-state index contributed by atoms with van der Waals surface area (Å²) >= 11 is 0. The van der Waals surface area contributed by atoms with E-state index in [4.69, 9.17) is 10.00 Å². The van der Waals surface area contributed by atoms with E-state index in [0.29, 0.717) is 11.6 Å². The summed E-state index contributed by atoms with van der Waals surface area (Å²) in [4.78, 5) is 4.07. The van der Waals surface area contributed by atoms with Crippen molar-refractivity contribution in [3.63, 3.8) is 0 Å². The zero-order chi connectivity index (χ0) is 15.4. The first-order valence-corrected chi connectivity index (χ1v) is 7.47. The van der Waals surface area contributed by atoms with Gasteiger partial charge in [0.2, 0.25) is 0 Å². The van der Waals surface area contributed by atoms with Crippen LogP contribution in [0.1, 0.15) is 30.2 Å². The van der Waals surface area contributed by atoms with Crippen LogP contribution in [0.4, 0.5) is 5.69 Å². The van der Waals surface area contributed by atoms with Crippen LogP contribution in [0.3, 0.4) is 0 Å². The first-order chi connectivity index (χ1) is 10.8. The maximum Gasteiger partial charge on any atom is 0.163 e. The maximum atomic E-state index is 9.10. The van der Waals surface area contributed by atoms with Crippen molar-refractivity contribution in [1.82, 2.24) is 14.8 Å². The molecule has 2 atom stereocenters. The maximum absolute atomic E-state index is 9.10. The van der Waals surface area contributed by atoms with E-state index < -0.39 is 0 Å². The fourth-order valence-electron chi connectivity index (χ4n) is 2.89. The van der Waals surface area contributed by atoms with Crippen LogP contribution in [0.2, 0.25) is 0 Å². The van der Waals surface area contributed by atoms with Crippen molar-refractivity contribution < 1.29 is 4.74 Å². The third-order valence-electron chi connectivity index (χ3n) is 3.97. The average molecular weight is 297 g/mol. The van der Waals surface area contributed by atoms with Crippen LogP contribution >= 0.6 is 0 Å². The van der Waals surface area contributed by atoms with Crippen molar-refractivity contribution in [3.8, 4) is 6.07 Å². The Morgan fingerprint density at radius 1 is 1.55 bits per heavy atom. The highest BCUT2D eigenvalue weighted by atomic mass is 16.5. The molecule has 0 bridgehead atoms. The van der Waals surface area contributed by atoms with Crippen molar-refractivity contribution in [2.24, 2.45) is 13.0 Å². The van der Waals surface area contributed by atoms with E-state index in [2.05, 4.69) is 21.5 Å². The molecule has 6 heteroatoms. The van der Waals surface area contributed by atoms with E-state index >= 15 is 0 Å². The van der Waals surface area contributed by atoms with Gasteiger partial charge in [-0.1, -0.05) is 0 Å². The molecule has 3 heterocycles. The summed E-state index contributed by atoms with van der Waals surface area (Å²) < 4.78 is 7.76. The Morgan fingerprint density at radius 3 is 3.23 bits per heavy atom. The molecule has 22 heavy (non-hydrogen) atoms. The number of nitrogens with one attached hydrogen (secondary N) is 1. The summed E-state index contributed by atoms with van der Waals surface area (Å²) in [5.41, 5.74) is 2.32. The molecule has 0 aliphatic carbocycles. The Kier molecular flexibility index (Phi) is 4.35. The Labute approximate surface area is 129 Å². The van der Waals surface area contributed by atoms with Crippen LogP contribution in [-0.2, 0) is 11.8 Å². The lowest BCUT2D eigenvalue weighted by Gasteiger charge is -2.31. The van der Waals surface area contributed by atoms with Gasteiger partial charge in [0.05, 0.1) is 18.0 Å². The molecule has 1 fully saturated rings. The lowest BCUT2D eigenvalue weighted by atomic mass is 9.90. The number of nitrogens with zero attached hydrogens (tertiary/aromatic N) is 4. The Morgan fingerprint density at radius 2 is 2.45 bits per heavy atom. The van der Waals surface area contributed by atoms with Gasteiger partial charge in [0.1, 0.15) is 6.07 Å². The molecule has 0 saturated carbocycles. The summed E-state index contributed by atoms with van der Waals surface area (Å²) in [5.74, 6) is 0.352. The van der Waals surface area contributed by atoms with Crippen molar-refractivity contribution in [2.45, 2.75) is 18.9 Å². The molecule has 0 radical (unpaired) electrons. The van der Waals surface area contributed by atoms with Crippen LogP contribution in [-0.4, -0.2) is 27.9 Å². The normalized spacial score (nSPS) is 21.3. The van der Waals surface area contributed by atoms with Gasteiger partial charge in [0.15, 0.2) is 5.69 Å². The number of aromatic nitrogens is 3. The summed E-state index contributed by atoms with van der Waals surface area (Å²) in [5, 5.41) is 16.7. The molecule has 0 aromatic carbocycles. The van der Waals surface area contributed by atoms with E-state index in [1.807, 2.05) is 31.6 Å². The fraction of sp³-hybridized carbons (Fsp3) is 0.438. The highest BCUT2D eigenvalue weighted by molar-refractivity contribution is 5.53. The molecule has 0 unspecified atom stereocenters. The number of aryl methyl sites for hydroxylation is 1. The Hall–Kier alpha value is -2.39. The van der Waals surface area contributed by atoms with Gasteiger partial charge in [-0.3, -0.25) is 4.68 Å².